The predicted molar refractivity (Wildman–Crippen MR) is 81.8 cm³/mol. The number of benzene rings is 1. The number of hydrogen-bond donors (Lipinski definition) is 1. The molecule has 1 aromatic carbocycles. The molecular weight excluding hydrogens is 290 g/mol. The van der Waals surface area contributed by atoms with Crippen LogP contribution >= 0.6 is 11.6 Å². The number of rotatable bonds is 3. The molecule has 0 fully saturated rings. The average Bonchev–Trinajstić information content (AvgIpc) is 2.87. The number of aromatic nitrogens is 2. The van der Waals surface area contributed by atoms with Gasteiger partial charge < -0.3 is 5.11 Å². The highest BCUT2D eigenvalue weighted by Crippen LogP contribution is 2.32. The van der Waals surface area contributed by atoms with Crippen molar-refractivity contribution in [3.05, 3.63) is 57.6 Å². The number of hydrogen-bond acceptors (Lipinski definition) is 4. The van der Waals surface area contributed by atoms with Crippen LogP contribution in [0.4, 0.5) is 5.82 Å². The van der Waals surface area contributed by atoms with Crippen LogP contribution < -0.4 is 0 Å². The molecule has 0 bridgehead atoms. The van der Waals surface area contributed by atoms with Crippen LogP contribution in [0.15, 0.2) is 41.7 Å². The number of nitrogens with zero attached hydrogens (tertiary/aromatic N) is 3. The van der Waals surface area contributed by atoms with E-state index >= 15 is 0 Å². The third-order valence-corrected chi connectivity index (χ3v) is 3.78. The Morgan fingerprint density at radius 1 is 1.33 bits per heavy atom. The van der Waals surface area contributed by atoms with Crippen LogP contribution in [0.2, 0.25) is 5.02 Å². The molecule has 0 unspecified atom stereocenters. The SMILES string of the molecule is Cc1cc(-c2nc3ccc(CO)cn3c2N=O)ccc1Cl. The van der Waals surface area contributed by atoms with Gasteiger partial charge in [0.2, 0.25) is 5.82 Å². The lowest BCUT2D eigenvalue weighted by Gasteiger charge is -2.02. The summed E-state index contributed by atoms with van der Waals surface area (Å²) in [6, 6.07) is 8.94. The third-order valence-electron chi connectivity index (χ3n) is 3.35. The lowest BCUT2D eigenvalue weighted by atomic mass is 10.1. The van der Waals surface area contributed by atoms with E-state index in [1.54, 1.807) is 34.9 Å². The second-order valence-corrected chi connectivity index (χ2v) is 5.17. The minimum Gasteiger partial charge on any atom is -0.392 e. The molecule has 0 spiro atoms. The number of pyridine rings is 1. The molecule has 6 heteroatoms. The van der Waals surface area contributed by atoms with Crippen LogP contribution in [0.1, 0.15) is 11.1 Å². The molecule has 21 heavy (non-hydrogen) atoms. The Morgan fingerprint density at radius 3 is 2.81 bits per heavy atom. The van der Waals surface area contributed by atoms with Gasteiger partial charge in [0.1, 0.15) is 11.3 Å². The van der Waals surface area contributed by atoms with E-state index in [0.29, 0.717) is 21.9 Å². The summed E-state index contributed by atoms with van der Waals surface area (Å²) in [4.78, 5) is 15.7. The number of nitroso groups, excluding NO2 is 1. The maximum absolute atomic E-state index is 11.2. The van der Waals surface area contributed by atoms with Crippen LogP contribution in [0.5, 0.6) is 0 Å². The van der Waals surface area contributed by atoms with E-state index < -0.39 is 0 Å². The Labute approximate surface area is 125 Å². The van der Waals surface area contributed by atoms with E-state index in [9.17, 15) is 10.0 Å². The number of fused-ring (bicyclic) bond motifs is 1. The molecule has 1 N–H and O–H groups in total. The fourth-order valence-corrected chi connectivity index (χ4v) is 2.36. The predicted octanol–water partition coefficient (Wildman–Crippen LogP) is 3.85. The first-order valence-corrected chi connectivity index (χ1v) is 6.73. The first kappa shape index (κ1) is 13.7. The standard InChI is InChI=1S/C15H12ClN3O2/c1-9-6-11(3-4-12(9)16)14-15(18-21)19-7-10(8-20)2-5-13(19)17-14/h2-7,20H,8H2,1H3. The molecule has 0 amide bonds. The summed E-state index contributed by atoms with van der Waals surface area (Å²) < 4.78 is 1.58. The third kappa shape index (κ3) is 2.30. The smallest absolute Gasteiger partial charge is 0.209 e. The highest BCUT2D eigenvalue weighted by molar-refractivity contribution is 6.31. The molecule has 0 atom stereocenters. The van der Waals surface area contributed by atoms with Crippen LogP contribution in [0.25, 0.3) is 16.9 Å². The first-order chi connectivity index (χ1) is 10.1. The molecule has 0 saturated heterocycles. The summed E-state index contributed by atoms with van der Waals surface area (Å²) in [5, 5.41) is 13.0. The van der Waals surface area contributed by atoms with Gasteiger partial charge >= 0.3 is 0 Å². The van der Waals surface area contributed by atoms with Crippen molar-refractivity contribution in [2.45, 2.75) is 13.5 Å². The van der Waals surface area contributed by atoms with E-state index in [0.717, 1.165) is 11.1 Å². The highest BCUT2D eigenvalue weighted by Gasteiger charge is 2.15. The molecule has 3 rings (SSSR count). The Kier molecular flexibility index (Phi) is 3.45. The number of aliphatic hydroxyl groups is 1. The Hall–Kier alpha value is -2.24. The summed E-state index contributed by atoms with van der Waals surface area (Å²) in [5.41, 5.74) is 3.47. The molecule has 3 aromatic rings. The van der Waals surface area contributed by atoms with E-state index in [2.05, 4.69) is 10.2 Å². The minimum atomic E-state index is -0.109. The lowest BCUT2D eigenvalue weighted by Crippen LogP contribution is -1.89. The fraction of sp³-hybridized carbons (Fsp3) is 0.133. The van der Waals surface area contributed by atoms with Crippen molar-refractivity contribution in [2.75, 3.05) is 0 Å². The van der Waals surface area contributed by atoms with Crippen molar-refractivity contribution < 1.29 is 5.11 Å². The van der Waals surface area contributed by atoms with Crippen molar-refractivity contribution in [1.82, 2.24) is 9.38 Å². The fourth-order valence-electron chi connectivity index (χ4n) is 2.24. The van der Waals surface area contributed by atoms with E-state index in [4.69, 9.17) is 11.6 Å². The maximum Gasteiger partial charge on any atom is 0.209 e. The van der Waals surface area contributed by atoms with Gasteiger partial charge in [-0.15, -0.1) is 4.91 Å². The average molecular weight is 302 g/mol. The summed E-state index contributed by atoms with van der Waals surface area (Å²) in [7, 11) is 0. The molecule has 0 aliphatic rings. The summed E-state index contributed by atoms with van der Waals surface area (Å²) >= 11 is 6.02. The van der Waals surface area contributed by atoms with E-state index in [1.807, 2.05) is 13.0 Å². The van der Waals surface area contributed by atoms with Crippen LogP contribution in [-0.4, -0.2) is 14.5 Å². The van der Waals surface area contributed by atoms with Gasteiger partial charge in [-0.05, 0) is 41.4 Å². The molecule has 0 aliphatic heterocycles. The molecule has 2 aromatic heterocycles. The number of imidazole rings is 1. The quantitative estimate of drug-likeness (QED) is 0.747. The van der Waals surface area contributed by atoms with Gasteiger partial charge in [0.25, 0.3) is 0 Å². The lowest BCUT2D eigenvalue weighted by molar-refractivity contribution is 0.281. The van der Waals surface area contributed by atoms with Gasteiger partial charge in [0.05, 0.1) is 6.61 Å². The minimum absolute atomic E-state index is 0.109. The second kappa shape index (κ2) is 5.27. The highest BCUT2D eigenvalue weighted by atomic mass is 35.5. The van der Waals surface area contributed by atoms with Gasteiger partial charge in [-0.1, -0.05) is 23.7 Å². The number of aryl methyl sites for hydroxylation is 1. The van der Waals surface area contributed by atoms with Gasteiger partial charge in [-0.3, -0.25) is 4.40 Å². The monoisotopic (exact) mass is 301 g/mol. The zero-order chi connectivity index (χ0) is 15.0. The normalized spacial score (nSPS) is 11.0. The van der Waals surface area contributed by atoms with Crippen molar-refractivity contribution in [3.63, 3.8) is 0 Å². The maximum atomic E-state index is 11.2. The first-order valence-electron chi connectivity index (χ1n) is 6.35. The summed E-state index contributed by atoms with van der Waals surface area (Å²) in [6.07, 6.45) is 1.66. The van der Waals surface area contributed by atoms with Gasteiger partial charge in [-0.2, -0.15) is 0 Å². The van der Waals surface area contributed by atoms with Crippen molar-refractivity contribution in [1.29, 1.82) is 0 Å². The largest absolute Gasteiger partial charge is 0.392 e. The Balaban J connectivity index is 2.26. The van der Waals surface area contributed by atoms with Crippen molar-refractivity contribution in [3.8, 4) is 11.3 Å². The summed E-state index contributed by atoms with van der Waals surface area (Å²) in [5.74, 6) is 0.210. The molecule has 0 radical (unpaired) electrons. The molecule has 2 heterocycles. The van der Waals surface area contributed by atoms with Crippen LogP contribution in [0.3, 0.4) is 0 Å². The molecule has 5 nitrogen and oxygen atoms in total. The molecule has 106 valence electrons. The molecule has 0 saturated carbocycles. The van der Waals surface area contributed by atoms with Crippen molar-refractivity contribution >= 4 is 23.1 Å². The van der Waals surface area contributed by atoms with Gasteiger partial charge in [0, 0.05) is 16.8 Å². The summed E-state index contributed by atoms with van der Waals surface area (Å²) in [6.45, 7) is 1.78. The molecule has 0 aliphatic carbocycles. The van der Waals surface area contributed by atoms with E-state index in [1.165, 1.54) is 0 Å². The number of halogens is 1. The Bertz CT molecular complexity index is 842. The van der Waals surface area contributed by atoms with E-state index in [-0.39, 0.29) is 12.4 Å². The topological polar surface area (TPSA) is 67.0 Å². The van der Waals surface area contributed by atoms with Crippen LogP contribution in [0, 0.1) is 11.8 Å². The number of aliphatic hydroxyl groups excluding tert-OH is 1. The molecular formula is C15H12ClN3O2. The zero-order valence-corrected chi connectivity index (χ0v) is 12.0. The zero-order valence-electron chi connectivity index (χ0n) is 11.2. The van der Waals surface area contributed by atoms with Gasteiger partial charge in [-0.25, -0.2) is 4.98 Å². The van der Waals surface area contributed by atoms with Gasteiger partial charge in [0.15, 0.2) is 0 Å². The second-order valence-electron chi connectivity index (χ2n) is 4.76. The Morgan fingerprint density at radius 2 is 2.14 bits per heavy atom. The van der Waals surface area contributed by atoms with Crippen LogP contribution in [-0.2, 0) is 6.61 Å². The van der Waals surface area contributed by atoms with Crippen molar-refractivity contribution in [2.24, 2.45) is 5.18 Å².